The Morgan fingerprint density at radius 3 is 2.78 bits per heavy atom. The van der Waals surface area contributed by atoms with E-state index in [-0.39, 0.29) is 28.5 Å². The summed E-state index contributed by atoms with van der Waals surface area (Å²) in [6.45, 7) is 1.10. The molecule has 0 aliphatic carbocycles. The van der Waals surface area contributed by atoms with Crippen molar-refractivity contribution >= 4 is 53.0 Å². The molecule has 2 atom stereocenters. The molecule has 3 heterocycles. The number of β-lactam (4-membered cyclic amide) rings is 1. The second-order valence-corrected chi connectivity index (χ2v) is 9.61. The molecule has 2 aromatic rings. The molecule has 188 valence electrons. The number of carbonyl (C=O) groups is 4. The molecular weight excluding hydrogens is 514 g/mol. The second-order valence-electron chi connectivity index (χ2n) is 7.57. The summed E-state index contributed by atoms with van der Waals surface area (Å²) in [5, 5.41) is 36.6. The van der Waals surface area contributed by atoms with E-state index in [9.17, 15) is 29.4 Å². The van der Waals surface area contributed by atoms with Gasteiger partial charge in [-0.3, -0.25) is 14.5 Å². The van der Waals surface area contributed by atoms with E-state index in [0.29, 0.717) is 16.5 Å². The van der Waals surface area contributed by atoms with Crippen molar-refractivity contribution in [2.24, 2.45) is 12.2 Å². The number of amides is 2. The average molecular weight is 534 g/mol. The predicted molar refractivity (Wildman–Crippen MR) is 126 cm³/mol. The summed E-state index contributed by atoms with van der Waals surface area (Å²) >= 11 is 2.54. The van der Waals surface area contributed by atoms with Gasteiger partial charge in [0.15, 0.2) is 5.71 Å². The van der Waals surface area contributed by atoms with E-state index in [0.717, 1.165) is 11.8 Å². The minimum atomic E-state index is -1.26. The van der Waals surface area contributed by atoms with Crippen LogP contribution >= 0.6 is 23.5 Å². The number of phenolic OH excluding ortho intramolecular Hbond substituents is 1. The van der Waals surface area contributed by atoms with Crippen molar-refractivity contribution in [1.82, 2.24) is 30.4 Å². The summed E-state index contributed by atoms with van der Waals surface area (Å²) in [7, 11) is 1.66. The molecule has 0 bridgehead atoms. The number of rotatable bonds is 8. The van der Waals surface area contributed by atoms with Gasteiger partial charge < -0.3 is 20.4 Å². The Morgan fingerprint density at radius 2 is 2.14 bits per heavy atom. The monoisotopic (exact) mass is 533 g/mol. The molecule has 2 amide bonds. The van der Waals surface area contributed by atoms with Crippen LogP contribution in [-0.4, -0.2) is 87.7 Å². The molecule has 0 saturated carbocycles. The largest absolute Gasteiger partial charge is 0.508 e. The molecule has 0 radical (unpaired) electrons. The zero-order chi connectivity index (χ0) is 26.0. The number of hydrogen-bond acceptors (Lipinski definition) is 12. The van der Waals surface area contributed by atoms with E-state index in [1.807, 2.05) is 0 Å². The molecule has 14 nitrogen and oxygen atoms in total. The van der Waals surface area contributed by atoms with Crippen molar-refractivity contribution in [3.8, 4) is 5.75 Å². The van der Waals surface area contributed by atoms with Gasteiger partial charge in [0.1, 0.15) is 22.9 Å². The van der Waals surface area contributed by atoms with Gasteiger partial charge in [0.2, 0.25) is 5.16 Å². The van der Waals surface area contributed by atoms with Gasteiger partial charge in [-0.2, -0.15) is 0 Å². The first-order valence-electron chi connectivity index (χ1n) is 10.3. The number of aromatic nitrogens is 4. The molecule has 1 saturated heterocycles. The van der Waals surface area contributed by atoms with Crippen LogP contribution in [0.4, 0.5) is 0 Å². The van der Waals surface area contributed by atoms with Gasteiger partial charge in [-0.05, 0) is 28.1 Å². The lowest BCUT2D eigenvalue weighted by Crippen LogP contribution is -2.71. The SMILES string of the molecule is CC(=O)ON=C(C(=O)NC1C(=O)N2C(C(=O)O)=C(CSc3nnnn3C)CS[C@@H]12)c1cccc(O)c1. The van der Waals surface area contributed by atoms with Crippen LogP contribution in [0.1, 0.15) is 12.5 Å². The Balaban J connectivity index is 1.52. The molecule has 1 unspecified atom stereocenters. The molecule has 0 spiro atoms. The third kappa shape index (κ3) is 5.03. The normalized spacial score (nSPS) is 19.4. The number of tetrazole rings is 1. The van der Waals surface area contributed by atoms with Crippen molar-refractivity contribution < 1.29 is 34.2 Å². The molecule has 1 fully saturated rings. The molecule has 1 aromatic carbocycles. The number of nitrogens with one attached hydrogen (secondary N) is 1. The van der Waals surface area contributed by atoms with Crippen molar-refractivity contribution in [2.75, 3.05) is 11.5 Å². The highest BCUT2D eigenvalue weighted by molar-refractivity contribution is 8.01. The number of fused-ring (bicyclic) bond motifs is 1. The Hall–Kier alpha value is -3.92. The molecule has 2 aliphatic rings. The number of carbonyl (C=O) groups excluding carboxylic acids is 3. The second kappa shape index (κ2) is 10.4. The number of oxime groups is 1. The molecule has 36 heavy (non-hydrogen) atoms. The first-order chi connectivity index (χ1) is 17.2. The number of hydrogen-bond donors (Lipinski definition) is 3. The van der Waals surface area contributed by atoms with E-state index in [1.54, 1.807) is 7.05 Å². The van der Waals surface area contributed by atoms with Crippen LogP contribution in [-0.2, 0) is 31.1 Å². The smallest absolute Gasteiger partial charge is 0.352 e. The first-order valence-corrected chi connectivity index (χ1v) is 12.3. The number of aliphatic carboxylic acids is 1. The van der Waals surface area contributed by atoms with Crippen LogP contribution in [0.2, 0.25) is 0 Å². The van der Waals surface area contributed by atoms with Gasteiger partial charge in [0, 0.05) is 31.0 Å². The topological polar surface area (TPSA) is 189 Å². The van der Waals surface area contributed by atoms with Gasteiger partial charge >= 0.3 is 11.9 Å². The summed E-state index contributed by atoms with van der Waals surface area (Å²) in [5.74, 6) is -3.06. The van der Waals surface area contributed by atoms with E-state index in [1.165, 1.54) is 52.5 Å². The van der Waals surface area contributed by atoms with E-state index in [2.05, 4.69) is 30.8 Å². The summed E-state index contributed by atoms with van der Waals surface area (Å²) in [4.78, 5) is 55.0. The average Bonchev–Trinajstić information content (AvgIpc) is 3.24. The fourth-order valence-corrected chi connectivity index (χ4v) is 5.82. The van der Waals surface area contributed by atoms with E-state index < -0.39 is 35.2 Å². The van der Waals surface area contributed by atoms with E-state index >= 15 is 0 Å². The highest BCUT2D eigenvalue weighted by Crippen LogP contribution is 2.41. The zero-order valence-electron chi connectivity index (χ0n) is 18.8. The third-order valence-electron chi connectivity index (χ3n) is 5.09. The molecule has 3 N–H and O–H groups in total. The maximum Gasteiger partial charge on any atom is 0.352 e. The fraction of sp³-hybridized carbons (Fsp3) is 0.300. The highest BCUT2D eigenvalue weighted by Gasteiger charge is 2.54. The third-order valence-corrected chi connectivity index (χ3v) is 7.53. The number of thioether (sulfide) groups is 2. The maximum atomic E-state index is 13.0. The Bertz CT molecular complexity index is 1310. The quantitative estimate of drug-likeness (QED) is 0.132. The number of aromatic hydroxyl groups is 1. The van der Waals surface area contributed by atoms with Gasteiger partial charge in [0.25, 0.3) is 11.8 Å². The van der Waals surface area contributed by atoms with Crippen LogP contribution in [0, 0.1) is 0 Å². The summed E-state index contributed by atoms with van der Waals surface area (Å²) < 4.78 is 1.45. The summed E-state index contributed by atoms with van der Waals surface area (Å²) in [6, 6.07) is 4.53. The Labute approximate surface area is 211 Å². The number of nitrogens with zero attached hydrogens (tertiary/aromatic N) is 6. The van der Waals surface area contributed by atoms with Crippen molar-refractivity contribution in [2.45, 2.75) is 23.5 Å². The van der Waals surface area contributed by atoms with Crippen molar-refractivity contribution in [3.05, 3.63) is 41.1 Å². The van der Waals surface area contributed by atoms with Gasteiger partial charge in [-0.15, -0.1) is 16.9 Å². The minimum absolute atomic E-state index is 0.140. The lowest BCUT2D eigenvalue weighted by atomic mass is 10.0. The van der Waals surface area contributed by atoms with Crippen LogP contribution in [0.25, 0.3) is 0 Å². The molecular formula is C20H19N7O7S2. The first kappa shape index (κ1) is 25.2. The summed E-state index contributed by atoms with van der Waals surface area (Å²) in [5.41, 5.74) is 0.194. The number of aryl methyl sites for hydroxylation is 1. The van der Waals surface area contributed by atoms with Crippen LogP contribution in [0.3, 0.4) is 0 Å². The lowest BCUT2D eigenvalue weighted by molar-refractivity contribution is -0.150. The standard InChI is InChI=1S/C20H19N7O7S2/c1-9(28)34-23-13(10-4-3-5-12(29)6-10)16(30)21-14-17(31)27-15(19(32)33)11(7-35-18(14)27)8-36-20-22-24-25-26(20)2/h3-6,14,18,29H,7-8H2,1-2H3,(H,21,30)(H,32,33)/t14?,18-/m0/s1. The van der Waals surface area contributed by atoms with Gasteiger partial charge in [0.05, 0.1) is 0 Å². The van der Waals surface area contributed by atoms with Crippen LogP contribution in [0.5, 0.6) is 5.75 Å². The maximum absolute atomic E-state index is 13.0. The molecule has 1 aromatic heterocycles. The molecule has 4 rings (SSSR count). The van der Waals surface area contributed by atoms with Crippen LogP contribution in [0.15, 0.2) is 45.8 Å². The number of benzene rings is 1. The van der Waals surface area contributed by atoms with Gasteiger partial charge in [-0.1, -0.05) is 29.1 Å². The minimum Gasteiger partial charge on any atom is -0.508 e. The fourth-order valence-electron chi connectivity index (χ4n) is 3.49. The molecule has 2 aliphatic heterocycles. The Morgan fingerprint density at radius 1 is 1.36 bits per heavy atom. The highest BCUT2D eigenvalue weighted by atomic mass is 32.2. The summed E-state index contributed by atoms with van der Waals surface area (Å²) in [6.07, 6.45) is 0. The predicted octanol–water partition coefficient (Wildman–Crippen LogP) is -0.286. The lowest BCUT2D eigenvalue weighted by Gasteiger charge is -2.49. The number of carboxylic acid groups (broad SMARTS) is 1. The number of phenols is 1. The number of carboxylic acids is 1. The van der Waals surface area contributed by atoms with Crippen molar-refractivity contribution in [1.29, 1.82) is 0 Å². The van der Waals surface area contributed by atoms with Gasteiger partial charge in [-0.25, -0.2) is 14.3 Å². The van der Waals surface area contributed by atoms with Crippen molar-refractivity contribution in [3.63, 3.8) is 0 Å². The Kier molecular flexibility index (Phi) is 7.25. The zero-order valence-corrected chi connectivity index (χ0v) is 20.4. The van der Waals surface area contributed by atoms with E-state index in [4.69, 9.17) is 0 Å². The van der Waals surface area contributed by atoms with Crippen LogP contribution < -0.4 is 5.32 Å². The molecule has 16 heteroatoms.